The SMILES string of the molecule is Cc1nc(C2CCC(C(C)C)CC2)sc1CNC1CC1. The average Bonchev–Trinajstić information content (AvgIpc) is 3.20. The summed E-state index contributed by atoms with van der Waals surface area (Å²) >= 11 is 1.97. The normalized spacial score (nSPS) is 27.2. The van der Waals surface area contributed by atoms with Gasteiger partial charge in [-0.2, -0.15) is 0 Å². The van der Waals surface area contributed by atoms with Crippen molar-refractivity contribution in [3.05, 3.63) is 15.6 Å². The maximum absolute atomic E-state index is 4.88. The summed E-state index contributed by atoms with van der Waals surface area (Å²) in [7, 11) is 0. The molecular weight excluding hydrogens is 264 g/mol. The Labute approximate surface area is 127 Å². The van der Waals surface area contributed by atoms with E-state index in [4.69, 9.17) is 4.98 Å². The Hall–Kier alpha value is -0.410. The second-order valence-electron chi connectivity index (χ2n) is 7.07. The van der Waals surface area contributed by atoms with Gasteiger partial charge in [0.15, 0.2) is 0 Å². The molecule has 112 valence electrons. The highest BCUT2D eigenvalue weighted by atomic mass is 32.1. The van der Waals surface area contributed by atoms with Crippen LogP contribution < -0.4 is 5.32 Å². The molecular formula is C17H28N2S. The highest BCUT2D eigenvalue weighted by Gasteiger charge is 2.27. The molecule has 0 bridgehead atoms. The van der Waals surface area contributed by atoms with Crippen molar-refractivity contribution in [3.63, 3.8) is 0 Å². The fourth-order valence-corrected chi connectivity index (χ4v) is 4.53. The van der Waals surface area contributed by atoms with Gasteiger partial charge in [-0.25, -0.2) is 4.98 Å². The maximum Gasteiger partial charge on any atom is 0.0962 e. The van der Waals surface area contributed by atoms with E-state index in [0.29, 0.717) is 0 Å². The fourth-order valence-electron chi connectivity index (χ4n) is 3.35. The Balaban J connectivity index is 1.58. The van der Waals surface area contributed by atoms with Gasteiger partial charge in [-0.05, 0) is 57.3 Å². The van der Waals surface area contributed by atoms with Gasteiger partial charge in [-0.15, -0.1) is 11.3 Å². The number of nitrogens with zero attached hydrogens (tertiary/aromatic N) is 1. The van der Waals surface area contributed by atoms with Crippen molar-refractivity contribution in [2.45, 2.75) is 77.8 Å². The molecule has 0 unspecified atom stereocenters. The fraction of sp³-hybridized carbons (Fsp3) is 0.824. The largest absolute Gasteiger partial charge is 0.309 e. The first-order valence-corrected chi connectivity index (χ1v) is 9.14. The van der Waals surface area contributed by atoms with Crippen molar-refractivity contribution >= 4 is 11.3 Å². The zero-order valence-electron chi connectivity index (χ0n) is 13.1. The molecule has 0 atom stereocenters. The summed E-state index contributed by atoms with van der Waals surface area (Å²) in [4.78, 5) is 6.35. The predicted molar refractivity (Wildman–Crippen MR) is 86.2 cm³/mol. The first-order chi connectivity index (χ1) is 9.63. The van der Waals surface area contributed by atoms with Gasteiger partial charge in [0, 0.05) is 23.4 Å². The molecule has 0 radical (unpaired) electrons. The third-order valence-corrected chi connectivity index (χ3v) is 6.42. The number of aromatic nitrogens is 1. The summed E-state index contributed by atoms with van der Waals surface area (Å²) in [5.74, 6) is 2.54. The quantitative estimate of drug-likeness (QED) is 0.855. The van der Waals surface area contributed by atoms with Gasteiger partial charge >= 0.3 is 0 Å². The molecule has 2 fully saturated rings. The predicted octanol–water partition coefficient (Wildman–Crippen LogP) is 4.63. The Morgan fingerprint density at radius 1 is 1.15 bits per heavy atom. The summed E-state index contributed by atoms with van der Waals surface area (Å²) in [6, 6.07) is 0.793. The lowest BCUT2D eigenvalue weighted by atomic mass is 9.77. The minimum Gasteiger partial charge on any atom is -0.309 e. The Kier molecular flexibility index (Phi) is 4.46. The molecule has 0 aliphatic heterocycles. The van der Waals surface area contributed by atoms with Crippen molar-refractivity contribution < 1.29 is 0 Å². The van der Waals surface area contributed by atoms with Crippen LogP contribution in [0.5, 0.6) is 0 Å². The molecule has 1 N–H and O–H groups in total. The summed E-state index contributed by atoms with van der Waals surface area (Å²) in [6.45, 7) is 7.97. The molecule has 0 saturated heterocycles. The van der Waals surface area contributed by atoms with Gasteiger partial charge in [0.1, 0.15) is 0 Å². The van der Waals surface area contributed by atoms with Gasteiger partial charge in [-0.3, -0.25) is 0 Å². The Morgan fingerprint density at radius 3 is 2.45 bits per heavy atom. The lowest BCUT2D eigenvalue weighted by molar-refractivity contribution is 0.258. The third-order valence-electron chi connectivity index (χ3n) is 5.10. The number of thiazole rings is 1. The lowest BCUT2D eigenvalue weighted by Crippen LogP contribution is -2.17. The van der Waals surface area contributed by atoms with E-state index in [-0.39, 0.29) is 0 Å². The maximum atomic E-state index is 4.88. The molecule has 2 saturated carbocycles. The highest BCUT2D eigenvalue weighted by Crippen LogP contribution is 2.40. The molecule has 2 nitrogen and oxygen atoms in total. The number of nitrogens with one attached hydrogen (secondary N) is 1. The molecule has 20 heavy (non-hydrogen) atoms. The lowest BCUT2D eigenvalue weighted by Gasteiger charge is -2.29. The van der Waals surface area contributed by atoms with Crippen LogP contribution in [0.3, 0.4) is 0 Å². The van der Waals surface area contributed by atoms with Crippen LogP contribution in [0.4, 0.5) is 0 Å². The van der Waals surface area contributed by atoms with Crippen LogP contribution in [0.2, 0.25) is 0 Å². The zero-order valence-corrected chi connectivity index (χ0v) is 13.9. The van der Waals surface area contributed by atoms with E-state index < -0.39 is 0 Å². The molecule has 1 aromatic heterocycles. The van der Waals surface area contributed by atoms with E-state index in [1.54, 1.807) is 0 Å². The first-order valence-electron chi connectivity index (χ1n) is 8.33. The number of hydrogen-bond acceptors (Lipinski definition) is 3. The van der Waals surface area contributed by atoms with Crippen LogP contribution in [0.15, 0.2) is 0 Å². The Bertz CT molecular complexity index is 440. The zero-order chi connectivity index (χ0) is 14.1. The van der Waals surface area contributed by atoms with Crippen molar-refractivity contribution in [1.82, 2.24) is 10.3 Å². The number of rotatable bonds is 5. The van der Waals surface area contributed by atoms with Gasteiger partial charge in [-0.1, -0.05) is 13.8 Å². The van der Waals surface area contributed by atoms with Crippen molar-refractivity contribution in [2.75, 3.05) is 0 Å². The molecule has 0 spiro atoms. The molecule has 2 aliphatic rings. The average molecular weight is 292 g/mol. The molecule has 1 aromatic rings. The summed E-state index contributed by atoms with van der Waals surface area (Å²) in [5.41, 5.74) is 1.27. The standard InChI is InChI=1S/C17H28N2S/c1-11(2)13-4-6-14(7-5-13)17-19-12(3)16(20-17)10-18-15-8-9-15/h11,13-15,18H,4-10H2,1-3H3. The second-order valence-corrected chi connectivity index (χ2v) is 8.19. The van der Waals surface area contributed by atoms with Crippen LogP contribution in [0, 0.1) is 18.8 Å². The van der Waals surface area contributed by atoms with Gasteiger partial charge in [0.05, 0.1) is 10.7 Å². The van der Waals surface area contributed by atoms with Gasteiger partial charge in [0.25, 0.3) is 0 Å². The third kappa shape index (κ3) is 3.43. The van der Waals surface area contributed by atoms with Crippen LogP contribution in [-0.2, 0) is 6.54 Å². The van der Waals surface area contributed by atoms with Crippen LogP contribution in [0.25, 0.3) is 0 Å². The molecule has 1 heterocycles. The van der Waals surface area contributed by atoms with Gasteiger partial charge in [0.2, 0.25) is 0 Å². The molecule has 3 rings (SSSR count). The summed E-state index contributed by atoms with van der Waals surface area (Å²) < 4.78 is 0. The first kappa shape index (κ1) is 14.5. The van der Waals surface area contributed by atoms with Crippen LogP contribution in [-0.4, -0.2) is 11.0 Å². The highest BCUT2D eigenvalue weighted by molar-refractivity contribution is 7.11. The number of hydrogen-bond donors (Lipinski definition) is 1. The molecule has 3 heteroatoms. The van der Waals surface area contributed by atoms with Crippen molar-refractivity contribution in [1.29, 1.82) is 0 Å². The van der Waals surface area contributed by atoms with E-state index in [1.807, 2.05) is 11.3 Å². The van der Waals surface area contributed by atoms with Crippen molar-refractivity contribution in [3.8, 4) is 0 Å². The number of aryl methyl sites for hydroxylation is 1. The smallest absolute Gasteiger partial charge is 0.0962 e. The molecule has 0 aromatic carbocycles. The summed E-state index contributed by atoms with van der Waals surface area (Å²) in [6.07, 6.45) is 8.23. The van der Waals surface area contributed by atoms with E-state index in [1.165, 1.54) is 54.1 Å². The van der Waals surface area contributed by atoms with E-state index in [2.05, 4.69) is 26.1 Å². The minimum atomic E-state index is 0.739. The van der Waals surface area contributed by atoms with E-state index in [9.17, 15) is 0 Å². The van der Waals surface area contributed by atoms with Crippen LogP contribution in [0.1, 0.15) is 73.9 Å². The molecule has 0 amide bonds. The van der Waals surface area contributed by atoms with Gasteiger partial charge < -0.3 is 5.32 Å². The van der Waals surface area contributed by atoms with Crippen molar-refractivity contribution in [2.24, 2.45) is 11.8 Å². The Morgan fingerprint density at radius 2 is 1.85 bits per heavy atom. The topological polar surface area (TPSA) is 24.9 Å². The monoisotopic (exact) mass is 292 g/mol. The minimum absolute atomic E-state index is 0.739. The molecule has 2 aliphatic carbocycles. The van der Waals surface area contributed by atoms with E-state index in [0.717, 1.165) is 30.3 Å². The van der Waals surface area contributed by atoms with Crippen LogP contribution >= 0.6 is 11.3 Å². The van der Waals surface area contributed by atoms with E-state index >= 15 is 0 Å². The summed E-state index contributed by atoms with van der Waals surface area (Å²) in [5, 5.41) is 5.04. The second kappa shape index (κ2) is 6.15.